The lowest BCUT2D eigenvalue weighted by atomic mass is 10.1. The van der Waals surface area contributed by atoms with Gasteiger partial charge in [0.15, 0.2) is 9.84 Å². The third-order valence-corrected chi connectivity index (χ3v) is 5.95. The van der Waals surface area contributed by atoms with Crippen LogP contribution < -0.4 is 5.32 Å². The SMILES string of the molecule is O=S1(=O)CCC(CNC2CCc3ccccc32)C1. The first-order valence-electron chi connectivity index (χ1n) is 6.66. The number of sulfone groups is 1. The summed E-state index contributed by atoms with van der Waals surface area (Å²) in [6.45, 7) is 0.832. The molecule has 0 amide bonds. The van der Waals surface area contributed by atoms with E-state index < -0.39 is 9.84 Å². The number of fused-ring (bicyclic) bond motifs is 1. The predicted molar refractivity (Wildman–Crippen MR) is 72.3 cm³/mol. The summed E-state index contributed by atoms with van der Waals surface area (Å²) in [6.07, 6.45) is 3.10. The van der Waals surface area contributed by atoms with E-state index >= 15 is 0 Å². The molecule has 1 aromatic carbocycles. The summed E-state index contributed by atoms with van der Waals surface area (Å²) in [5.41, 5.74) is 2.84. The summed E-state index contributed by atoms with van der Waals surface area (Å²) in [5.74, 6) is 1.05. The summed E-state index contributed by atoms with van der Waals surface area (Å²) in [4.78, 5) is 0. The van der Waals surface area contributed by atoms with Crippen LogP contribution in [0.15, 0.2) is 24.3 Å². The number of hydrogen-bond donors (Lipinski definition) is 1. The minimum Gasteiger partial charge on any atom is -0.310 e. The van der Waals surface area contributed by atoms with E-state index in [1.807, 2.05) is 0 Å². The third kappa shape index (κ3) is 2.45. The molecule has 1 heterocycles. The van der Waals surface area contributed by atoms with Crippen LogP contribution in [0.5, 0.6) is 0 Å². The second-order valence-electron chi connectivity index (χ2n) is 5.47. The largest absolute Gasteiger partial charge is 0.310 e. The lowest BCUT2D eigenvalue weighted by molar-refractivity contribution is 0.456. The minimum absolute atomic E-state index is 0.308. The highest BCUT2D eigenvalue weighted by molar-refractivity contribution is 7.91. The van der Waals surface area contributed by atoms with E-state index in [2.05, 4.69) is 29.6 Å². The highest BCUT2D eigenvalue weighted by atomic mass is 32.2. The first-order chi connectivity index (χ1) is 8.64. The molecule has 1 saturated heterocycles. The zero-order valence-corrected chi connectivity index (χ0v) is 11.2. The van der Waals surface area contributed by atoms with Gasteiger partial charge in [0, 0.05) is 6.04 Å². The molecule has 98 valence electrons. The monoisotopic (exact) mass is 265 g/mol. The van der Waals surface area contributed by atoms with Gasteiger partial charge in [-0.05, 0) is 42.9 Å². The molecular weight excluding hydrogens is 246 g/mol. The molecule has 0 bridgehead atoms. The van der Waals surface area contributed by atoms with E-state index in [9.17, 15) is 8.42 Å². The van der Waals surface area contributed by atoms with E-state index in [0.717, 1.165) is 25.8 Å². The Hall–Kier alpha value is -0.870. The summed E-state index contributed by atoms with van der Waals surface area (Å²) < 4.78 is 22.8. The van der Waals surface area contributed by atoms with Crippen molar-refractivity contribution in [1.82, 2.24) is 5.32 Å². The van der Waals surface area contributed by atoms with Crippen molar-refractivity contribution in [2.45, 2.75) is 25.3 Å². The predicted octanol–water partition coefficient (Wildman–Crippen LogP) is 1.70. The van der Waals surface area contributed by atoms with Crippen LogP contribution in [-0.2, 0) is 16.3 Å². The zero-order valence-electron chi connectivity index (χ0n) is 10.4. The fourth-order valence-corrected chi connectivity index (χ4v) is 4.97. The van der Waals surface area contributed by atoms with E-state index in [-0.39, 0.29) is 0 Å². The Bertz CT molecular complexity index is 538. The second-order valence-corrected chi connectivity index (χ2v) is 7.70. The van der Waals surface area contributed by atoms with Crippen molar-refractivity contribution in [3.8, 4) is 0 Å². The fraction of sp³-hybridized carbons (Fsp3) is 0.571. The molecule has 0 spiro atoms. The van der Waals surface area contributed by atoms with Crippen molar-refractivity contribution >= 4 is 9.84 Å². The van der Waals surface area contributed by atoms with Gasteiger partial charge >= 0.3 is 0 Å². The van der Waals surface area contributed by atoms with Gasteiger partial charge in [-0.1, -0.05) is 24.3 Å². The quantitative estimate of drug-likeness (QED) is 0.905. The van der Waals surface area contributed by atoms with Crippen LogP contribution >= 0.6 is 0 Å². The maximum Gasteiger partial charge on any atom is 0.150 e. The highest BCUT2D eigenvalue weighted by Crippen LogP contribution is 2.31. The highest BCUT2D eigenvalue weighted by Gasteiger charge is 2.29. The zero-order chi connectivity index (χ0) is 12.6. The molecule has 1 fully saturated rings. The average molecular weight is 265 g/mol. The van der Waals surface area contributed by atoms with Crippen molar-refractivity contribution in [2.75, 3.05) is 18.1 Å². The molecule has 1 aromatic rings. The normalized spacial score (nSPS) is 29.3. The van der Waals surface area contributed by atoms with Gasteiger partial charge in [-0.25, -0.2) is 8.42 Å². The summed E-state index contributed by atoms with van der Waals surface area (Å²) in [7, 11) is -2.74. The third-order valence-electron chi connectivity index (χ3n) is 4.11. The van der Waals surface area contributed by atoms with Gasteiger partial charge in [-0.15, -0.1) is 0 Å². The molecule has 3 nitrogen and oxygen atoms in total. The Kier molecular flexibility index (Phi) is 3.16. The second kappa shape index (κ2) is 4.67. The van der Waals surface area contributed by atoms with Crippen LogP contribution in [0.1, 0.15) is 30.0 Å². The van der Waals surface area contributed by atoms with Crippen molar-refractivity contribution in [2.24, 2.45) is 5.92 Å². The van der Waals surface area contributed by atoms with Crippen LogP contribution in [0.3, 0.4) is 0 Å². The van der Waals surface area contributed by atoms with Gasteiger partial charge in [0.1, 0.15) is 0 Å². The van der Waals surface area contributed by atoms with Crippen molar-refractivity contribution in [3.63, 3.8) is 0 Å². The number of benzene rings is 1. The molecule has 2 aliphatic rings. The molecule has 18 heavy (non-hydrogen) atoms. The molecule has 0 radical (unpaired) electrons. The van der Waals surface area contributed by atoms with Crippen LogP contribution in [0.4, 0.5) is 0 Å². The van der Waals surface area contributed by atoms with E-state index in [1.54, 1.807) is 0 Å². The fourth-order valence-electron chi connectivity index (χ4n) is 3.11. The molecule has 1 N–H and O–H groups in total. The van der Waals surface area contributed by atoms with Gasteiger partial charge in [-0.2, -0.15) is 0 Å². The summed E-state index contributed by atoms with van der Waals surface area (Å²) >= 11 is 0. The molecule has 1 aliphatic carbocycles. The Labute approximate surface area is 109 Å². The number of aryl methyl sites for hydroxylation is 1. The Morgan fingerprint density at radius 3 is 2.83 bits per heavy atom. The summed E-state index contributed by atoms with van der Waals surface area (Å²) in [6, 6.07) is 8.97. The Balaban J connectivity index is 1.59. The summed E-state index contributed by atoms with van der Waals surface area (Å²) in [5, 5.41) is 3.55. The molecule has 2 unspecified atom stereocenters. The number of rotatable bonds is 3. The van der Waals surface area contributed by atoms with Crippen LogP contribution in [0.2, 0.25) is 0 Å². The van der Waals surface area contributed by atoms with Crippen LogP contribution in [-0.4, -0.2) is 26.5 Å². The van der Waals surface area contributed by atoms with Crippen molar-refractivity contribution < 1.29 is 8.42 Å². The molecule has 0 saturated carbocycles. The van der Waals surface area contributed by atoms with Crippen LogP contribution in [0.25, 0.3) is 0 Å². The maximum absolute atomic E-state index is 11.4. The molecule has 1 aliphatic heterocycles. The van der Waals surface area contributed by atoms with Gasteiger partial charge < -0.3 is 5.32 Å². The Morgan fingerprint density at radius 2 is 2.06 bits per heavy atom. The van der Waals surface area contributed by atoms with E-state index in [1.165, 1.54) is 11.1 Å². The molecular formula is C14H19NO2S. The van der Waals surface area contributed by atoms with Gasteiger partial charge in [0.25, 0.3) is 0 Å². The lowest BCUT2D eigenvalue weighted by Crippen LogP contribution is -2.26. The standard InChI is InChI=1S/C14H19NO2S/c16-18(17)8-7-11(10-18)9-15-14-6-5-12-3-1-2-4-13(12)14/h1-4,11,14-15H,5-10H2. The Morgan fingerprint density at radius 1 is 1.22 bits per heavy atom. The van der Waals surface area contributed by atoms with Gasteiger partial charge in [0.05, 0.1) is 11.5 Å². The average Bonchev–Trinajstić information content (AvgIpc) is 2.90. The maximum atomic E-state index is 11.4. The van der Waals surface area contributed by atoms with Crippen molar-refractivity contribution in [1.29, 1.82) is 0 Å². The van der Waals surface area contributed by atoms with E-state index in [4.69, 9.17) is 0 Å². The van der Waals surface area contributed by atoms with Crippen molar-refractivity contribution in [3.05, 3.63) is 35.4 Å². The minimum atomic E-state index is -2.74. The van der Waals surface area contributed by atoms with Gasteiger partial charge in [0.2, 0.25) is 0 Å². The molecule has 3 rings (SSSR count). The number of nitrogens with one attached hydrogen (secondary N) is 1. The number of hydrogen-bond acceptors (Lipinski definition) is 3. The smallest absolute Gasteiger partial charge is 0.150 e. The van der Waals surface area contributed by atoms with Crippen LogP contribution in [0, 0.1) is 5.92 Å². The lowest BCUT2D eigenvalue weighted by Gasteiger charge is -2.16. The molecule has 2 atom stereocenters. The molecule has 4 heteroatoms. The topological polar surface area (TPSA) is 46.2 Å². The van der Waals surface area contributed by atoms with Gasteiger partial charge in [-0.3, -0.25) is 0 Å². The molecule has 0 aromatic heterocycles. The first kappa shape index (κ1) is 12.2. The first-order valence-corrected chi connectivity index (χ1v) is 8.48. The van der Waals surface area contributed by atoms with E-state index in [0.29, 0.717) is 23.5 Å².